The van der Waals surface area contributed by atoms with E-state index in [9.17, 15) is 9.59 Å². The van der Waals surface area contributed by atoms with Crippen molar-refractivity contribution >= 4 is 35.6 Å². The lowest BCUT2D eigenvalue weighted by atomic mass is 10.0. The van der Waals surface area contributed by atoms with Crippen molar-refractivity contribution in [1.82, 2.24) is 10.2 Å². The molecule has 2 rings (SSSR count). The first-order valence-corrected chi connectivity index (χ1v) is 7.91. The molecule has 2 heterocycles. The fraction of sp³-hybridized carbons (Fsp3) is 0.571. The van der Waals surface area contributed by atoms with Crippen LogP contribution in [0.5, 0.6) is 0 Å². The number of nitrogens with two attached hydrogens (primary N) is 1. The van der Waals surface area contributed by atoms with Gasteiger partial charge >= 0.3 is 0 Å². The van der Waals surface area contributed by atoms with Gasteiger partial charge in [-0.15, -0.1) is 23.7 Å². The Morgan fingerprint density at radius 2 is 2.24 bits per heavy atom. The van der Waals surface area contributed by atoms with E-state index in [-0.39, 0.29) is 30.3 Å². The Kier molecular flexibility index (Phi) is 7.71. The van der Waals surface area contributed by atoms with Gasteiger partial charge in [-0.2, -0.15) is 0 Å². The fourth-order valence-electron chi connectivity index (χ4n) is 2.50. The Morgan fingerprint density at radius 1 is 1.43 bits per heavy atom. The van der Waals surface area contributed by atoms with Crippen molar-refractivity contribution in [3.05, 3.63) is 22.4 Å². The van der Waals surface area contributed by atoms with E-state index in [2.05, 4.69) is 5.32 Å². The van der Waals surface area contributed by atoms with Gasteiger partial charge in [0.25, 0.3) is 5.91 Å². The summed E-state index contributed by atoms with van der Waals surface area (Å²) < 4.78 is 0. The molecule has 118 valence electrons. The minimum atomic E-state index is -0.109. The number of halogens is 1. The van der Waals surface area contributed by atoms with Gasteiger partial charge < -0.3 is 16.0 Å². The molecule has 0 saturated carbocycles. The Hall–Kier alpha value is -1.11. The summed E-state index contributed by atoms with van der Waals surface area (Å²) in [5, 5.41) is 4.64. The monoisotopic (exact) mass is 331 g/mol. The Bertz CT molecular complexity index is 453. The van der Waals surface area contributed by atoms with Crippen molar-refractivity contribution in [2.24, 2.45) is 5.73 Å². The number of likely N-dealkylation sites (tertiary alicyclic amines) is 1. The van der Waals surface area contributed by atoms with Crippen LogP contribution in [-0.2, 0) is 4.79 Å². The first-order chi connectivity index (χ1) is 9.72. The molecule has 5 nitrogen and oxygen atoms in total. The summed E-state index contributed by atoms with van der Waals surface area (Å²) in [5.74, 6) is -0.0200. The van der Waals surface area contributed by atoms with Crippen molar-refractivity contribution in [1.29, 1.82) is 0 Å². The third-order valence-electron chi connectivity index (χ3n) is 3.59. The number of carbonyl (C=O) groups is 2. The second kappa shape index (κ2) is 9.02. The van der Waals surface area contributed by atoms with Crippen LogP contribution in [0.2, 0.25) is 0 Å². The first kappa shape index (κ1) is 17.9. The van der Waals surface area contributed by atoms with E-state index in [0.29, 0.717) is 24.4 Å². The van der Waals surface area contributed by atoms with Crippen LogP contribution in [0.3, 0.4) is 0 Å². The van der Waals surface area contributed by atoms with E-state index in [1.807, 2.05) is 16.3 Å². The molecule has 1 aromatic heterocycles. The van der Waals surface area contributed by atoms with E-state index in [4.69, 9.17) is 5.73 Å². The lowest BCUT2D eigenvalue weighted by Gasteiger charge is -2.35. The molecule has 0 spiro atoms. The van der Waals surface area contributed by atoms with Crippen LogP contribution >= 0.6 is 23.7 Å². The van der Waals surface area contributed by atoms with Gasteiger partial charge in [0.05, 0.1) is 4.88 Å². The molecule has 1 saturated heterocycles. The molecular weight excluding hydrogens is 310 g/mol. The summed E-state index contributed by atoms with van der Waals surface area (Å²) in [4.78, 5) is 26.4. The number of nitrogens with zero attached hydrogens (tertiary/aromatic N) is 1. The van der Waals surface area contributed by atoms with Gasteiger partial charge in [0.2, 0.25) is 5.91 Å². The molecule has 1 unspecified atom stereocenters. The molecule has 7 heteroatoms. The van der Waals surface area contributed by atoms with Crippen molar-refractivity contribution in [2.45, 2.75) is 31.7 Å². The topological polar surface area (TPSA) is 75.4 Å². The average molecular weight is 332 g/mol. The first-order valence-electron chi connectivity index (χ1n) is 7.03. The van der Waals surface area contributed by atoms with E-state index in [1.165, 1.54) is 11.3 Å². The highest BCUT2D eigenvalue weighted by Gasteiger charge is 2.25. The predicted octanol–water partition coefficient (Wildman–Crippen LogP) is 1.63. The van der Waals surface area contributed by atoms with Crippen LogP contribution in [0, 0.1) is 0 Å². The normalized spacial score (nSPS) is 18.0. The number of rotatable bonds is 5. The minimum Gasteiger partial charge on any atom is -0.351 e. The maximum absolute atomic E-state index is 12.2. The van der Waals surface area contributed by atoms with Gasteiger partial charge in [0.1, 0.15) is 0 Å². The molecule has 0 radical (unpaired) electrons. The molecule has 1 fully saturated rings. The van der Waals surface area contributed by atoms with Crippen LogP contribution in [-0.4, -0.2) is 42.4 Å². The van der Waals surface area contributed by atoms with E-state index in [1.54, 1.807) is 6.07 Å². The second-order valence-electron chi connectivity index (χ2n) is 4.96. The molecule has 1 aromatic rings. The number of thiophene rings is 1. The molecule has 0 aromatic carbocycles. The molecule has 3 N–H and O–H groups in total. The molecule has 1 aliphatic rings. The third-order valence-corrected chi connectivity index (χ3v) is 4.46. The lowest BCUT2D eigenvalue weighted by Crippen LogP contribution is -2.48. The molecule has 0 bridgehead atoms. The number of carbonyl (C=O) groups excluding carboxylic acids is 2. The second-order valence-corrected chi connectivity index (χ2v) is 5.90. The van der Waals surface area contributed by atoms with Crippen molar-refractivity contribution in [3.63, 3.8) is 0 Å². The van der Waals surface area contributed by atoms with E-state index >= 15 is 0 Å². The number of piperidine rings is 1. The van der Waals surface area contributed by atoms with Gasteiger partial charge in [0, 0.05) is 32.1 Å². The molecular formula is C14H22ClN3O2S. The Balaban J connectivity index is 0.00000220. The summed E-state index contributed by atoms with van der Waals surface area (Å²) in [6.07, 6.45) is 3.52. The minimum absolute atomic E-state index is 0. The van der Waals surface area contributed by atoms with Crippen molar-refractivity contribution in [2.75, 3.05) is 19.6 Å². The number of amides is 2. The van der Waals surface area contributed by atoms with E-state index < -0.39 is 0 Å². The number of nitrogens with one attached hydrogen (secondary N) is 1. The maximum atomic E-state index is 12.2. The highest BCUT2D eigenvalue weighted by molar-refractivity contribution is 7.12. The Labute approximate surface area is 135 Å². The quantitative estimate of drug-likeness (QED) is 0.861. The van der Waals surface area contributed by atoms with E-state index in [0.717, 1.165) is 25.8 Å². The summed E-state index contributed by atoms with van der Waals surface area (Å²) in [5.41, 5.74) is 5.71. The van der Waals surface area contributed by atoms with Gasteiger partial charge in [-0.1, -0.05) is 6.07 Å². The van der Waals surface area contributed by atoms with Gasteiger partial charge in [-0.05, 0) is 30.7 Å². The van der Waals surface area contributed by atoms with Gasteiger partial charge in [-0.3, -0.25) is 9.59 Å². The average Bonchev–Trinajstić information content (AvgIpc) is 3.01. The summed E-state index contributed by atoms with van der Waals surface area (Å²) >= 11 is 1.40. The molecule has 21 heavy (non-hydrogen) atoms. The van der Waals surface area contributed by atoms with Crippen molar-refractivity contribution in [3.8, 4) is 0 Å². The summed E-state index contributed by atoms with van der Waals surface area (Å²) in [7, 11) is 0. The maximum Gasteiger partial charge on any atom is 0.261 e. The number of hydrogen-bond donors (Lipinski definition) is 2. The smallest absolute Gasteiger partial charge is 0.261 e. The Morgan fingerprint density at radius 3 is 2.90 bits per heavy atom. The molecule has 2 amide bonds. The lowest BCUT2D eigenvalue weighted by molar-refractivity contribution is -0.134. The third kappa shape index (κ3) is 4.98. The van der Waals surface area contributed by atoms with Crippen LogP contribution < -0.4 is 11.1 Å². The zero-order chi connectivity index (χ0) is 14.4. The van der Waals surface area contributed by atoms with Crippen LogP contribution in [0.1, 0.15) is 35.4 Å². The largest absolute Gasteiger partial charge is 0.351 e. The highest BCUT2D eigenvalue weighted by atomic mass is 35.5. The zero-order valence-electron chi connectivity index (χ0n) is 11.9. The predicted molar refractivity (Wildman–Crippen MR) is 86.9 cm³/mol. The summed E-state index contributed by atoms with van der Waals surface area (Å²) in [6, 6.07) is 3.78. The van der Waals surface area contributed by atoms with Crippen LogP contribution in [0.15, 0.2) is 17.5 Å². The fourth-order valence-corrected chi connectivity index (χ4v) is 3.14. The van der Waals surface area contributed by atoms with Crippen molar-refractivity contribution < 1.29 is 9.59 Å². The number of hydrogen-bond acceptors (Lipinski definition) is 4. The molecule has 1 aliphatic heterocycles. The van der Waals surface area contributed by atoms with Crippen LogP contribution in [0.4, 0.5) is 0 Å². The standard InChI is InChI=1S/C14H21N3O2S.ClH/c15-10-11-4-1-2-8-17(11)13(18)6-7-16-14(19)12-5-3-9-20-12;/h3,5,9,11H,1-2,4,6-8,10,15H2,(H,16,19);1H. The molecule has 1 atom stereocenters. The summed E-state index contributed by atoms with van der Waals surface area (Å²) in [6.45, 7) is 1.69. The van der Waals surface area contributed by atoms with Gasteiger partial charge in [-0.25, -0.2) is 0 Å². The molecule has 0 aliphatic carbocycles. The highest BCUT2D eigenvalue weighted by Crippen LogP contribution is 2.17. The zero-order valence-corrected chi connectivity index (χ0v) is 13.5. The van der Waals surface area contributed by atoms with Gasteiger partial charge in [0.15, 0.2) is 0 Å². The SMILES string of the molecule is Cl.NCC1CCCCN1C(=O)CCNC(=O)c1cccs1. The van der Waals surface area contributed by atoms with Crippen LogP contribution in [0.25, 0.3) is 0 Å².